The summed E-state index contributed by atoms with van der Waals surface area (Å²) in [5, 5.41) is 14.0. The highest BCUT2D eigenvalue weighted by Crippen LogP contribution is 2.30. The molecule has 0 radical (unpaired) electrons. The third-order valence-corrected chi connectivity index (χ3v) is 5.92. The molecule has 1 saturated heterocycles. The monoisotopic (exact) mass is 367 g/mol. The fraction of sp³-hybridized carbons (Fsp3) is 0.476. The first kappa shape index (κ1) is 17.8. The number of piperidine rings is 1. The Balaban J connectivity index is 1.63. The van der Waals surface area contributed by atoms with Crippen LogP contribution in [0.5, 0.6) is 0 Å². The maximum absolute atomic E-state index is 13.2. The Morgan fingerprint density at radius 2 is 1.93 bits per heavy atom. The maximum Gasteiger partial charge on any atom is 0.306 e. The largest absolute Gasteiger partial charge is 0.481 e. The van der Waals surface area contributed by atoms with Gasteiger partial charge >= 0.3 is 5.97 Å². The minimum absolute atomic E-state index is 0.0487. The van der Waals surface area contributed by atoms with Crippen LogP contribution in [-0.4, -0.2) is 44.8 Å². The summed E-state index contributed by atoms with van der Waals surface area (Å²) >= 11 is 0. The normalized spacial score (nSPS) is 21.9. The van der Waals surface area contributed by atoms with E-state index in [2.05, 4.69) is 12.1 Å². The highest BCUT2D eigenvalue weighted by molar-refractivity contribution is 5.94. The van der Waals surface area contributed by atoms with Gasteiger partial charge in [0.05, 0.1) is 11.6 Å². The summed E-state index contributed by atoms with van der Waals surface area (Å²) in [5.41, 5.74) is 4.92. The lowest BCUT2D eigenvalue weighted by molar-refractivity contribution is -0.145. The molecule has 1 amide bonds. The van der Waals surface area contributed by atoms with E-state index >= 15 is 0 Å². The standard InChI is InChI=1S/C21H25N3O3/c1-13-6-8-15(9-7-13)24-18-5-3-4-17(18)19(22-24)20(25)23-11-10-16(21(26)27)14(2)12-23/h6-9,14,16H,3-5,10-12H2,1-2H3,(H,26,27). The maximum atomic E-state index is 13.2. The van der Waals surface area contributed by atoms with Crippen molar-refractivity contribution in [2.75, 3.05) is 13.1 Å². The number of aromatic nitrogens is 2. The third-order valence-electron chi connectivity index (χ3n) is 5.92. The number of hydrogen-bond acceptors (Lipinski definition) is 3. The number of fused-ring (bicyclic) bond motifs is 1. The molecular weight excluding hydrogens is 342 g/mol. The zero-order valence-electron chi connectivity index (χ0n) is 15.8. The number of nitrogens with zero attached hydrogens (tertiary/aromatic N) is 3. The van der Waals surface area contributed by atoms with Gasteiger partial charge in [-0.05, 0) is 50.7 Å². The minimum atomic E-state index is -0.765. The van der Waals surface area contributed by atoms with Gasteiger partial charge in [-0.15, -0.1) is 0 Å². The first-order chi connectivity index (χ1) is 13.0. The molecule has 27 heavy (non-hydrogen) atoms. The van der Waals surface area contributed by atoms with Crippen molar-refractivity contribution in [1.82, 2.24) is 14.7 Å². The highest BCUT2D eigenvalue weighted by Gasteiger charge is 2.36. The van der Waals surface area contributed by atoms with E-state index in [0.29, 0.717) is 25.2 Å². The molecule has 4 rings (SSSR count). The molecule has 2 aliphatic rings. The van der Waals surface area contributed by atoms with Gasteiger partial charge in [-0.25, -0.2) is 4.68 Å². The number of aliphatic carboxylic acids is 1. The van der Waals surface area contributed by atoms with E-state index in [1.54, 1.807) is 4.90 Å². The lowest BCUT2D eigenvalue weighted by atomic mass is 9.87. The molecule has 1 N–H and O–H groups in total. The Hall–Kier alpha value is -2.63. The van der Waals surface area contributed by atoms with Crippen LogP contribution in [0.25, 0.3) is 5.69 Å². The van der Waals surface area contributed by atoms with Crippen LogP contribution in [0.2, 0.25) is 0 Å². The summed E-state index contributed by atoms with van der Waals surface area (Å²) in [4.78, 5) is 26.3. The van der Waals surface area contributed by atoms with Crippen LogP contribution in [0, 0.1) is 18.8 Å². The Labute approximate surface area is 158 Å². The Bertz CT molecular complexity index is 885. The first-order valence-corrected chi connectivity index (χ1v) is 9.65. The second-order valence-electron chi connectivity index (χ2n) is 7.84. The van der Waals surface area contributed by atoms with Gasteiger partial charge in [0.25, 0.3) is 5.91 Å². The average molecular weight is 367 g/mol. The van der Waals surface area contributed by atoms with Gasteiger partial charge in [-0.1, -0.05) is 24.6 Å². The van der Waals surface area contributed by atoms with Gasteiger partial charge in [0.1, 0.15) is 0 Å². The smallest absolute Gasteiger partial charge is 0.306 e. The van der Waals surface area contributed by atoms with E-state index in [0.717, 1.165) is 36.2 Å². The predicted octanol–water partition coefficient (Wildman–Crippen LogP) is 2.85. The molecule has 2 atom stereocenters. The van der Waals surface area contributed by atoms with Crippen LogP contribution in [0.4, 0.5) is 0 Å². The molecule has 142 valence electrons. The Kier molecular flexibility index (Phi) is 4.50. The topological polar surface area (TPSA) is 75.4 Å². The molecule has 1 aliphatic carbocycles. The number of carbonyl (C=O) groups excluding carboxylic acids is 1. The van der Waals surface area contributed by atoms with E-state index in [-0.39, 0.29) is 17.7 Å². The van der Waals surface area contributed by atoms with Crippen molar-refractivity contribution < 1.29 is 14.7 Å². The van der Waals surface area contributed by atoms with Gasteiger partial charge in [0.2, 0.25) is 0 Å². The van der Waals surface area contributed by atoms with Crippen LogP contribution in [0.15, 0.2) is 24.3 Å². The van der Waals surface area contributed by atoms with Crippen LogP contribution in [-0.2, 0) is 17.6 Å². The summed E-state index contributed by atoms with van der Waals surface area (Å²) in [6.07, 6.45) is 3.35. The van der Waals surface area contributed by atoms with Crippen molar-refractivity contribution >= 4 is 11.9 Å². The van der Waals surface area contributed by atoms with Crippen LogP contribution in [0.3, 0.4) is 0 Å². The number of hydrogen-bond donors (Lipinski definition) is 1. The fourth-order valence-electron chi connectivity index (χ4n) is 4.36. The lowest BCUT2D eigenvalue weighted by Gasteiger charge is -2.34. The fourth-order valence-corrected chi connectivity index (χ4v) is 4.36. The molecule has 0 bridgehead atoms. The molecule has 1 fully saturated rings. The van der Waals surface area contributed by atoms with Crippen LogP contribution < -0.4 is 0 Å². The van der Waals surface area contributed by atoms with E-state index in [1.807, 2.05) is 30.7 Å². The molecule has 0 saturated carbocycles. The molecule has 6 nitrogen and oxygen atoms in total. The lowest BCUT2D eigenvalue weighted by Crippen LogP contribution is -2.45. The SMILES string of the molecule is Cc1ccc(-n2nc(C(=O)N3CCC(C(=O)O)C(C)C3)c3c2CCC3)cc1. The second kappa shape index (κ2) is 6.83. The average Bonchev–Trinajstić information content (AvgIpc) is 3.24. The number of likely N-dealkylation sites (tertiary alicyclic amines) is 1. The van der Waals surface area contributed by atoms with E-state index in [1.165, 1.54) is 5.56 Å². The number of benzene rings is 1. The number of carboxylic acid groups (broad SMARTS) is 1. The number of rotatable bonds is 3. The molecule has 0 spiro atoms. The van der Waals surface area contributed by atoms with Gasteiger partial charge in [0, 0.05) is 24.3 Å². The van der Waals surface area contributed by atoms with Crippen LogP contribution in [0.1, 0.15) is 47.1 Å². The number of amides is 1. The summed E-state index contributed by atoms with van der Waals surface area (Å²) in [7, 11) is 0. The van der Waals surface area contributed by atoms with Gasteiger partial charge in [-0.2, -0.15) is 5.10 Å². The molecule has 2 heterocycles. The number of aryl methyl sites for hydroxylation is 1. The first-order valence-electron chi connectivity index (χ1n) is 9.65. The van der Waals surface area contributed by atoms with Gasteiger partial charge < -0.3 is 10.0 Å². The molecular formula is C21H25N3O3. The Morgan fingerprint density at radius 1 is 1.19 bits per heavy atom. The number of carbonyl (C=O) groups is 2. The molecule has 1 aliphatic heterocycles. The van der Waals surface area contributed by atoms with E-state index < -0.39 is 5.97 Å². The molecule has 1 aromatic carbocycles. The highest BCUT2D eigenvalue weighted by atomic mass is 16.4. The molecule has 6 heteroatoms. The quantitative estimate of drug-likeness (QED) is 0.905. The zero-order valence-corrected chi connectivity index (χ0v) is 15.8. The van der Waals surface area contributed by atoms with Crippen molar-refractivity contribution in [3.8, 4) is 5.69 Å². The zero-order chi connectivity index (χ0) is 19.1. The van der Waals surface area contributed by atoms with E-state index in [4.69, 9.17) is 5.10 Å². The van der Waals surface area contributed by atoms with Crippen molar-refractivity contribution in [2.24, 2.45) is 11.8 Å². The van der Waals surface area contributed by atoms with Gasteiger partial charge in [0.15, 0.2) is 5.69 Å². The summed E-state index contributed by atoms with van der Waals surface area (Å²) < 4.78 is 1.92. The van der Waals surface area contributed by atoms with Gasteiger partial charge in [-0.3, -0.25) is 9.59 Å². The second-order valence-corrected chi connectivity index (χ2v) is 7.84. The van der Waals surface area contributed by atoms with Crippen molar-refractivity contribution in [3.63, 3.8) is 0 Å². The van der Waals surface area contributed by atoms with Crippen molar-refractivity contribution in [3.05, 3.63) is 46.8 Å². The summed E-state index contributed by atoms with van der Waals surface area (Å²) in [5.74, 6) is -1.24. The third kappa shape index (κ3) is 3.13. The molecule has 2 aromatic rings. The summed E-state index contributed by atoms with van der Waals surface area (Å²) in [6.45, 7) is 4.91. The van der Waals surface area contributed by atoms with E-state index in [9.17, 15) is 14.7 Å². The van der Waals surface area contributed by atoms with Crippen molar-refractivity contribution in [1.29, 1.82) is 0 Å². The Morgan fingerprint density at radius 3 is 2.59 bits per heavy atom. The molecule has 1 aromatic heterocycles. The predicted molar refractivity (Wildman–Crippen MR) is 101 cm³/mol. The minimum Gasteiger partial charge on any atom is -0.481 e. The molecule has 2 unspecified atom stereocenters. The summed E-state index contributed by atoms with van der Waals surface area (Å²) in [6, 6.07) is 8.18. The van der Waals surface area contributed by atoms with Crippen molar-refractivity contribution in [2.45, 2.75) is 39.5 Å². The number of carboxylic acids is 1. The van der Waals surface area contributed by atoms with Crippen LogP contribution >= 0.6 is 0 Å².